The molecule has 1 rings (SSSR count). The van der Waals surface area contributed by atoms with Crippen LogP contribution in [0.15, 0.2) is 0 Å². The van der Waals surface area contributed by atoms with Crippen molar-refractivity contribution < 1.29 is 14.3 Å². The Kier molecular flexibility index (Phi) is 8.53. The molecule has 1 aliphatic rings. The van der Waals surface area contributed by atoms with Gasteiger partial charge in [-0.05, 0) is 12.8 Å². The van der Waals surface area contributed by atoms with Crippen molar-refractivity contribution in [1.82, 2.24) is 0 Å². The third-order valence-electron chi connectivity index (χ3n) is 3.45. The van der Waals surface area contributed by atoms with Crippen LogP contribution in [0.2, 0.25) is 0 Å². The van der Waals surface area contributed by atoms with Gasteiger partial charge in [0.25, 0.3) is 0 Å². The Morgan fingerprint density at radius 1 is 0.667 bits per heavy atom. The number of carbonyl (C=O) groups is 2. The number of rotatable bonds is 0. The average molecular weight is 254 g/mol. The van der Waals surface area contributed by atoms with Crippen molar-refractivity contribution in [2.24, 2.45) is 0 Å². The number of hydrogen-bond acceptors (Lipinski definition) is 3. The molecule has 1 heterocycles. The van der Waals surface area contributed by atoms with E-state index in [2.05, 4.69) is 0 Å². The summed E-state index contributed by atoms with van der Waals surface area (Å²) in [5.74, 6) is -0.306. The van der Waals surface area contributed by atoms with Gasteiger partial charge in [-0.2, -0.15) is 0 Å². The number of esters is 1. The Balaban J connectivity index is 2.23. The van der Waals surface area contributed by atoms with Crippen LogP contribution in [-0.4, -0.2) is 18.4 Å². The molecule has 0 amide bonds. The summed E-state index contributed by atoms with van der Waals surface area (Å²) in [5.41, 5.74) is 0. The quantitative estimate of drug-likeness (QED) is 0.488. The lowest BCUT2D eigenvalue weighted by molar-refractivity contribution is -0.146. The molecule has 0 aromatic heterocycles. The maximum Gasteiger partial charge on any atom is 0.313 e. The Hall–Kier alpha value is -0.860. The fourth-order valence-electron chi connectivity index (χ4n) is 2.32. The highest BCUT2D eigenvalue weighted by Crippen LogP contribution is 2.12. The lowest BCUT2D eigenvalue weighted by Gasteiger charge is -2.06. The average Bonchev–Trinajstić information content (AvgIpc) is 2.33. The normalized spacial score (nSPS) is 22.4. The molecule has 0 N–H and O–H groups in total. The smallest absolute Gasteiger partial charge is 0.313 e. The van der Waals surface area contributed by atoms with E-state index in [0.717, 1.165) is 25.7 Å². The zero-order valence-corrected chi connectivity index (χ0v) is 11.4. The molecule has 1 saturated heterocycles. The summed E-state index contributed by atoms with van der Waals surface area (Å²) in [6.45, 7) is 0.478. The molecular weight excluding hydrogens is 228 g/mol. The van der Waals surface area contributed by atoms with Crippen molar-refractivity contribution in [3.8, 4) is 0 Å². The molecule has 0 atom stereocenters. The van der Waals surface area contributed by atoms with Gasteiger partial charge >= 0.3 is 5.97 Å². The predicted molar refractivity (Wildman–Crippen MR) is 71.4 cm³/mol. The van der Waals surface area contributed by atoms with Gasteiger partial charge in [0.05, 0.1) is 6.61 Å². The van der Waals surface area contributed by atoms with Crippen LogP contribution in [0, 0.1) is 0 Å². The maximum atomic E-state index is 11.5. The predicted octanol–water partition coefficient (Wildman–Crippen LogP) is 3.79. The van der Waals surface area contributed by atoms with Gasteiger partial charge in [-0.1, -0.05) is 51.4 Å². The first kappa shape index (κ1) is 15.2. The van der Waals surface area contributed by atoms with E-state index in [1.807, 2.05) is 0 Å². The van der Waals surface area contributed by atoms with Crippen molar-refractivity contribution >= 4 is 11.8 Å². The Labute approximate surface area is 110 Å². The van der Waals surface area contributed by atoms with E-state index in [1.54, 1.807) is 0 Å². The van der Waals surface area contributed by atoms with E-state index >= 15 is 0 Å². The summed E-state index contributed by atoms with van der Waals surface area (Å²) < 4.78 is 5.05. The number of ether oxygens (including phenoxy) is 1. The third kappa shape index (κ3) is 8.26. The van der Waals surface area contributed by atoms with Gasteiger partial charge in [-0.25, -0.2) is 0 Å². The first-order valence-corrected chi connectivity index (χ1v) is 7.46. The largest absolute Gasteiger partial charge is 0.465 e. The second-order valence-corrected chi connectivity index (χ2v) is 5.22. The molecule has 0 spiro atoms. The van der Waals surface area contributed by atoms with Crippen LogP contribution in [0.5, 0.6) is 0 Å². The Morgan fingerprint density at radius 3 is 1.78 bits per heavy atom. The number of hydrogen-bond donors (Lipinski definition) is 0. The molecule has 0 unspecified atom stereocenters. The molecule has 0 radical (unpaired) electrons. The molecule has 0 saturated carbocycles. The molecule has 18 heavy (non-hydrogen) atoms. The summed E-state index contributed by atoms with van der Waals surface area (Å²) in [6, 6.07) is 0. The maximum absolute atomic E-state index is 11.5. The summed E-state index contributed by atoms with van der Waals surface area (Å²) in [6.07, 6.45) is 12.3. The van der Waals surface area contributed by atoms with E-state index in [9.17, 15) is 9.59 Å². The highest BCUT2D eigenvalue weighted by Gasteiger charge is 2.10. The second-order valence-electron chi connectivity index (χ2n) is 5.22. The van der Waals surface area contributed by atoms with Crippen LogP contribution in [0.25, 0.3) is 0 Å². The van der Waals surface area contributed by atoms with Gasteiger partial charge in [0.2, 0.25) is 0 Å². The van der Waals surface area contributed by atoms with Crippen molar-refractivity contribution in [1.29, 1.82) is 0 Å². The molecule has 3 heteroatoms. The number of carbonyl (C=O) groups excluding carboxylic acids is 2. The third-order valence-corrected chi connectivity index (χ3v) is 3.45. The summed E-state index contributed by atoms with van der Waals surface area (Å²) in [5, 5.41) is 0. The van der Waals surface area contributed by atoms with Crippen LogP contribution in [-0.2, 0) is 14.3 Å². The van der Waals surface area contributed by atoms with E-state index < -0.39 is 0 Å². The lowest BCUT2D eigenvalue weighted by Crippen LogP contribution is -2.12. The topological polar surface area (TPSA) is 43.4 Å². The minimum absolute atomic E-state index is 0.0278. The molecule has 0 aliphatic carbocycles. The van der Waals surface area contributed by atoms with Crippen molar-refractivity contribution in [3.63, 3.8) is 0 Å². The SMILES string of the molecule is O=C1CCCCCCCCCCCCOC(=O)C1. The summed E-state index contributed by atoms with van der Waals surface area (Å²) >= 11 is 0. The summed E-state index contributed by atoms with van der Waals surface area (Å²) in [7, 11) is 0. The number of Topliss-reactive ketones (excluding diaryl/α,β-unsaturated/α-hetero) is 1. The van der Waals surface area contributed by atoms with Crippen LogP contribution in [0.4, 0.5) is 0 Å². The number of cyclic esters (lactones) is 1. The molecule has 0 aromatic carbocycles. The highest BCUT2D eigenvalue weighted by molar-refractivity contribution is 5.95. The zero-order valence-electron chi connectivity index (χ0n) is 11.4. The van der Waals surface area contributed by atoms with Gasteiger partial charge in [0.1, 0.15) is 12.2 Å². The first-order valence-electron chi connectivity index (χ1n) is 7.46. The highest BCUT2D eigenvalue weighted by atomic mass is 16.5. The molecule has 1 aliphatic heterocycles. The van der Waals surface area contributed by atoms with E-state index in [4.69, 9.17) is 4.74 Å². The Bertz CT molecular complexity index is 224. The first-order chi connectivity index (χ1) is 8.79. The van der Waals surface area contributed by atoms with Gasteiger partial charge < -0.3 is 4.74 Å². The second kappa shape index (κ2) is 10.1. The van der Waals surface area contributed by atoms with E-state index in [0.29, 0.717) is 13.0 Å². The molecule has 104 valence electrons. The van der Waals surface area contributed by atoms with Crippen molar-refractivity contribution in [2.45, 2.75) is 77.0 Å². The van der Waals surface area contributed by atoms with Gasteiger partial charge in [0, 0.05) is 6.42 Å². The van der Waals surface area contributed by atoms with Crippen LogP contribution in [0.3, 0.4) is 0 Å². The fraction of sp³-hybridized carbons (Fsp3) is 0.867. The van der Waals surface area contributed by atoms with Crippen LogP contribution < -0.4 is 0 Å². The fourth-order valence-corrected chi connectivity index (χ4v) is 2.32. The molecule has 0 aromatic rings. The molecule has 0 bridgehead atoms. The Morgan fingerprint density at radius 2 is 1.17 bits per heavy atom. The summed E-state index contributed by atoms with van der Waals surface area (Å²) in [4.78, 5) is 22.8. The van der Waals surface area contributed by atoms with Gasteiger partial charge in [-0.3, -0.25) is 9.59 Å². The molecule has 3 nitrogen and oxygen atoms in total. The minimum Gasteiger partial charge on any atom is -0.465 e. The lowest BCUT2D eigenvalue weighted by atomic mass is 10.0. The van der Waals surface area contributed by atoms with E-state index in [-0.39, 0.29) is 18.2 Å². The van der Waals surface area contributed by atoms with E-state index in [1.165, 1.54) is 38.5 Å². The zero-order chi connectivity index (χ0) is 13.1. The van der Waals surface area contributed by atoms with Gasteiger partial charge in [0.15, 0.2) is 0 Å². The monoisotopic (exact) mass is 254 g/mol. The van der Waals surface area contributed by atoms with Gasteiger partial charge in [-0.15, -0.1) is 0 Å². The standard InChI is InChI=1S/C15H26O3/c16-14-11-9-7-5-3-1-2-4-6-8-10-12-18-15(17)13-14/h1-13H2. The molecule has 1 fully saturated rings. The van der Waals surface area contributed by atoms with Crippen LogP contribution >= 0.6 is 0 Å². The molecular formula is C15H26O3. The van der Waals surface area contributed by atoms with Crippen molar-refractivity contribution in [3.05, 3.63) is 0 Å². The minimum atomic E-state index is -0.341. The number of ketones is 1. The van der Waals surface area contributed by atoms with Crippen LogP contribution in [0.1, 0.15) is 77.0 Å². The van der Waals surface area contributed by atoms with Crippen molar-refractivity contribution in [2.75, 3.05) is 6.61 Å².